The number of morpholine rings is 1. The summed E-state index contributed by atoms with van der Waals surface area (Å²) >= 11 is 0.972. The van der Waals surface area contributed by atoms with Crippen LogP contribution in [0.5, 0.6) is 0 Å². The van der Waals surface area contributed by atoms with Gasteiger partial charge in [0, 0.05) is 38.6 Å². The minimum absolute atomic E-state index is 0.176. The van der Waals surface area contributed by atoms with E-state index in [0.717, 1.165) is 48.5 Å². The second kappa shape index (κ2) is 10.2. The molecule has 0 amide bonds. The predicted octanol–water partition coefficient (Wildman–Crippen LogP) is 3.25. The molecule has 164 valence electrons. The lowest BCUT2D eigenvalue weighted by Crippen LogP contribution is -2.40. The van der Waals surface area contributed by atoms with Gasteiger partial charge < -0.3 is 15.4 Å². The molecule has 0 radical (unpaired) electrons. The Hall–Kier alpha value is -2.17. The Labute approximate surface area is 178 Å². The number of guanidine groups is 1. The van der Waals surface area contributed by atoms with Gasteiger partial charge in [-0.1, -0.05) is 24.3 Å². The van der Waals surface area contributed by atoms with Gasteiger partial charge in [-0.05, 0) is 18.1 Å². The van der Waals surface area contributed by atoms with Gasteiger partial charge in [-0.15, -0.1) is 11.3 Å². The maximum absolute atomic E-state index is 12.7. The molecule has 1 saturated heterocycles. The van der Waals surface area contributed by atoms with Crippen molar-refractivity contribution in [3.63, 3.8) is 0 Å². The van der Waals surface area contributed by atoms with Gasteiger partial charge in [0.25, 0.3) is 0 Å². The van der Waals surface area contributed by atoms with Gasteiger partial charge in [0.05, 0.1) is 19.3 Å². The van der Waals surface area contributed by atoms with Crippen LogP contribution in [-0.2, 0) is 30.5 Å². The summed E-state index contributed by atoms with van der Waals surface area (Å²) < 4.78 is 43.5. The predicted molar refractivity (Wildman–Crippen MR) is 111 cm³/mol. The zero-order valence-electron chi connectivity index (χ0n) is 17.0. The Morgan fingerprint density at radius 1 is 1.30 bits per heavy atom. The van der Waals surface area contributed by atoms with Gasteiger partial charge in [0.1, 0.15) is 5.01 Å². The number of ether oxygens (including phenoxy) is 1. The fourth-order valence-corrected chi connectivity index (χ4v) is 3.96. The number of halogens is 3. The summed E-state index contributed by atoms with van der Waals surface area (Å²) in [6, 6.07) is 8.32. The molecule has 0 saturated carbocycles. The number of aromatic nitrogens is 1. The van der Waals surface area contributed by atoms with Crippen LogP contribution in [0.4, 0.5) is 13.2 Å². The van der Waals surface area contributed by atoms with Gasteiger partial charge in [-0.3, -0.25) is 9.89 Å². The molecule has 3 rings (SSSR count). The van der Waals surface area contributed by atoms with Crippen molar-refractivity contribution < 1.29 is 17.9 Å². The van der Waals surface area contributed by atoms with E-state index < -0.39 is 11.9 Å². The first kappa shape index (κ1) is 22.5. The van der Waals surface area contributed by atoms with E-state index in [1.807, 2.05) is 12.1 Å². The molecule has 10 heteroatoms. The Balaban J connectivity index is 1.49. The lowest BCUT2D eigenvalue weighted by atomic mass is 10.1. The quantitative estimate of drug-likeness (QED) is 0.532. The van der Waals surface area contributed by atoms with E-state index in [9.17, 15) is 13.2 Å². The molecule has 0 bridgehead atoms. The van der Waals surface area contributed by atoms with Crippen LogP contribution >= 0.6 is 11.3 Å². The lowest BCUT2D eigenvalue weighted by molar-refractivity contribution is -0.140. The number of rotatable bonds is 6. The molecule has 2 N–H and O–H groups in total. The number of hydrogen-bond donors (Lipinski definition) is 2. The number of thiazole rings is 1. The number of hydrogen-bond acceptors (Lipinski definition) is 5. The van der Waals surface area contributed by atoms with Gasteiger partial charge in [0.15, 0.2) is 11.7 Å². The monoisotopic (exact) mass is 441 g/mol. The maximum Gasteiger partial charge on any atom is 0.434 e. The summed E-state index contributed by atoms with van der Waals surface area (Å²) in [6.45, 7) is 6.30. The highest BCUT2D eigenvalue weighted by Crippen LogP contribution is 2.29. The SMILES string of the molecule is CN=C(NCc1cccc(CN2CCOC(C)C2)c1)NCc1nc(C(F)(F)F)cs1. The molecule has 6 nitrogen and oxygen atoms in total. The van der Waals surface area contributed by atoms with Gasteiger partial charge in [-0.2, -0.15) is 13.2 Å². The fourth-order valence-electron chi connectivity index (χ4n) is 3.22. The van der Waals surface area contributed by atoms with Gasteiger partial charge in [-0.25, -0.2) is 4.98 Å². The van der Waals surface area contributed by atoms with Crippen LogP contribution in [0.1, 0.15) is 28.8 Å². The topological polar surface area (TPSA) is 61.8 Å². The van der Waals surface area contributed by atoms with Crippen molar-refractivity contribution in [1.82, 2.24) is 20.5 Å². The molecule has 0 aliphatic carbocycles. The van der Waals surface area contributed by atoms with E-state index >= 15 is 0 Å². The molecule has 0 spiro atoms. The molecule has 30 heavy (non-hydrogen) atoms. The second-order valence-corrected chi connectivity index (χ2v) is 8.08. The second-order valence-electron chi connectivity index (χ2n) is 7.14. The molecule has 1 atom stereocenters. The summed E-state index contributed by atoms with van der Waals surface area (Å²) in [5, 5.41) is 7.57. The maximum atomic E-state index is 12.7. The first-order valence-corrected chi connectivity index (χ1v) is 10.6. The highest BCUT2D eigenvalue weighted by molar-refractivity contribution is 7.09. The Kier molecular flexibility index (Phi) is 7.68. The summed E-state index contributed by atoms with van der Waals surface area (Å²) in [7, 11) is 1.62. The van der Waals surface area contributed by atoms with Crippen molar-refractivity contribution in [2.24, 2.45) is 4.99 Å². The third kappa shape index (κ3) is 6.68. The highest BCUT2D eigenvalue weighted by atomic mass is 32.1. The van der Waals surface area contributed by atoms with Crippen LogP contribution in [0.3, 0.4) is 0 Å². The van der Waals surface area contributed by atoms with Crippen molar-refractivity contribution in [1.29, 1.82) is 0 Å². The van der Waals surface area contributed by atoms with Gasteiger partial charge in [0.2, 0.25) is 0 Å². The largest absolute Gasteiger partial charge is 0.434 e. The number of aliphatic imine (C=N–C) groups is 1. The summed E-state index contributed by atoms with van der Waals surface area (Å²) in [6.07, 6.45) is -4.16. The standard InChI is InChI=1S/C20H26F3N5OS/c1-14-11-28(6-7-29-14)12-16-5-3-4-15(8-16)9-25-19(24-2)26-10-18-27-17(13-30-18)20(21,22)23/h3-5,8,13-14H,6-7,9-12H2,1-2H3,(H2,24,25,26). The van der Waals surface area contributed by atoms with Crippen LogP contribution < -0.4 is 10.6 Å². The minimum Gasteiger partial charge on any atom is -0.376 e. The van der Waals surface area contributed by atoms with Crippen molar-refractivity contribution in [3.8, 4) is 0 Å². The summed E-state index contributed by atoms with van der Waals surface area (Å²) in [5.41, 5.74) is 1.47. The van der Waals surface area contributed by atoms with Crippen LogP contribution in [0.2, 0.25) is 0 Å². The van der Waals surface area contributed by atoms with Crippen LogP contribution in [0.25, 0.3) is 0 Å². The lowest BCUT2D eigenvalue weighted by Gasteiger charge is -2.31. The van der Waals surface area contributed by atoms with Crippen molar-refractivity contribution in [3.05, 3.63) is 51.5 Å². The molecule has 2 heterocycles. The normalized spacial score (nSPS) is 18.4. The molecule has 1 aliphatic rings. The molecule has 1 aromatic carbocycles. The van der Waals surface area contributed by atoms with Gasteiger partial charge >= 0.3 is 6.18 Å². The molecular formula is C20H26F3N5OS. The minimum atomic E-state index is -4.42. The third-order valence-electron chi connectivity index (χ3n) is 4.66. The Morgan fingerprint density at radius 2 is 2.07 bits per heavy atom. The highest BCUT2D eigenvalue weighted by Gasteiger charge is 2.33. The average Bonchev–Trinajstić information content (AvgIpc) is 3.18. The van der Waals surface area contributed by atoms with E-state index in [-0.39, 0.29) is 12.6 Å². The molecular weight excluding hydrogens is 415 g/mol. The third-order valence-corrected chi connectivity index (χ3v) is 5.50. The van der Waals surface area contributed by atoms with E-state index in [0.29, 0.717) is 17.5 Å². The Bertz CT molecular complexity index is 855. The Morgan fingerprint density at radius 3 is 2.77 bits per heavy atom. The van der Waals surface area contributed by atoms with Crippen molar-refractivity contribution in [2.45, 2.75) is 38.8 Å². The van der Waals surface area contributed by atoms with E-state index in [1.54, 1.807) is 7.05 Å². The number of alkyl halides is 3. The summed E-state index contributed by atoms with van der Waals surface area (Å²) in [5.74, 6) is 0.506. The summed E-state index contributed by atoms with van der Waals surface area (Å²) in [4.78, 5) is 10.1. The van der Waals surface area contributed by atoms with Crippen molar-refractivity contribution >= 4 is 17.3 Å². The van der Waals surface area contributed by atoms with E-state index in [1.165, 1.54) is 5.56 Å². The smallest absolute Gasteiger partial charge is 0.376 e. The number of nitrogens with one attached hydrogen (secondary N) is 2. The van der Waals surface area contributed by atoms with Crippen LogP contribution in [-0.4, -0.2) is 48.7 Å². The molecule has 1 aromatic heterocycles. The van der Waals surface area contributed by atoms with Crippen LogP contribution in [0.15, 0.2) is 34.6 Å². The molecule has 1 fully saturated rings. The molecule has 1 unspecified atom stereocenters. The zero-order valence-corrected chi connectivity index (χ0v) is 17.8. The fraction of sp³-hybridized carbons (Fsp3) is 0.500. The zero-order chi connectivity index (χ0) is 21.6. The van der Waals surface area contributed by atoms with E-state index in [2.05, 4.69) is 44.6 Å². The van der Waals surface area contributed by atoms with E-state index in [4.69, 9.17) is 4.74 Å². The van der Waals surface area contributed by atoms with Crippen molar-refractivity contribution in [2.75, 3.05) is 26.7 Å². The average molecular weight is 442 g/mol. The molecule has 2 aromatic rings. The number of nitrogens with zero attached hydrogens (tertiary/aromatic N) is 3. The number of benzene rings is 1. The first-order valence-electron chi connectivity index (χ1n) is 9.71. The first-order chi connectivity index (χ1) is 14.3. The molecule has 1 aliphatic heterocycles. The van der Waals surface area contributed by atoms with Crippen LogP contribution in [0, 0.1) is 0 Å².